The normalized spacial score (nSPS) is 19.8. The Kier molecular flexibility index (Phi) is 6.45. The Morgan fingerprint density at radius 2 is 1.70 bits per heavy atom. The summed E-state index contributed by atoms with van der Waals surface area (Å²) < 4.78 is 12.5. The van der Waals surface area contributed by atoms with E-state index in [2.05, 4.69) is 81.1 Å². The maximum Gasteiger partial charge on any atom is 0.333 e. The number of hydrogen-bond acceptors (Lipinski definition) is 3. The Balaban J connectivity index is 1.60. The standard InChI is InChI=1S/C30H34O3/c1-19(2)29(31)33-30(5,6)23-16-15-20(3)28(18-23)32-21(4)27-17-22-11-7-8-12-24(22)25-13-9-10-14-26(25)27/h7-15,17,21,23,28H,1,16,18H2,2-6H3. The Bertz CT molecular complexity index is 1230. The number of fused-ring (bicyclic) bond motifs is 3. The first-order valence-corrected chi connectivity index (χ1v) is 11.8. The topological polar surface area (TPSA) is 35.5 Å². The third-order valence-electron chi connectivity index (χ3n) is 7.02. The van der Waals surface area contributed by atoms with Gasteiger partial charge in [-0.15, -0.1) is 0 Å². The minimum atomic E-state index is -0.590. The fourth-order valence-electron chi connectivity index (χ4n) is 4.88. The zero-order valence-corrected chi connectivity index (χ0v) is 20.4. The minimum absolute atomic E-state index is 0.0215. The lowest BCUT2D eigenvalue weighted by Gasteiger charge is -2.39. The third kappa shape index (κ3) is 4.74. The molecule has 33 heavy (non-hydrogen) atoms. The van der Waals surface area contributed by atoms with E-state index in [0.717, 1.165) is 12.8 Å². The van der Waals surface area contributed by atoms with Crippen molar-refractivity contribution in [1.82, 2.24) is 0 Å². The zero-order chi connectivity index (χ0) is 23.8. The van der Waals surface area contributed by atoms with Crippen LogP contribution in [0, 0.1) is 5.92 Å². The van der Waals surface area contributed by atoms with Crippen molar-refractivity contribution in [3.63, 3.8) is 0 Å². The predicted octanol–water partition coefficient (Wildman–Crippen LogP) is 7.69. The number of ether oxygens (including phenoxy) is 2. The first kappa shape index (κ1) is 23.3. The molecule has 3 heteroatoms. The van der Waals surface area contributed by atoms with Crippen LogP contribution in [0.25, 0.3) is 21.5 Å². The van der Waals surface area contributed by atoms with E-state index < -0.39 is 5.60 Å². The molecular weight excluding hydrogens is 408 g/mol. The van der Waals surface area contributed by atoms with Gasteiger partial charge in [0.15, 0.2) is 0 Å². The molecule has 3 nitrogen and oxygen atoms in total. The van der Waals surface area contributed by atoms with Crippen molar-refractivity contribution in [3.8, 4) is 0 Å². The molecule has 1 aliphatic carbocycles. The molecule has 0 fully saturated rings. The smallest absolute Gasteiger partial charge is 0.333 e. The molecule has 0 saturated heterocycles. The highest BCUT2D eigenvalue weighted by molar-refractivity contribution is 6.09. The van der Waals surface area contributed by atoms with Crippen molar-refractivity contribution in [2.75, 3.05) is 0 Å². The van der Waals surface area contributed by atoms with E-state index in [1.54, 1.807) is 6.92 Å². The third-order valence-corrected chi connectivity index (χ3v) is 7.02. The molecule has 3 atom stereocenters. The van der Waals surface area contributed by atoms with Crippen LogP contribution < -0.4 is 0 Å². The number of rotatable bonds is 6. The van der Waals surface area contributed by atoms with Gasteiger partial charge in [0.2, 0.25) is 0 Å². The van der Waals surface area contributed by atoms with Crippen LogP contribution in [0.5, 0.6) is 0 Å². The van der Waals surface area contributed by atoms with Gasteiger partial charge in [0.05, 0.1) is 12.2 Å². The molecule has 0 saturated carbocycles. The van der Waals surface area contributed by atoms with Crippen LogP contribution in [0.1, 0.15) is 59.1 Å². The summed E-state index contributed by atoms with van der Waals surface area (Å²) >= 11 is 0. The number of allylic oxidation sites excluding steroid dienone is 1. The molecule has 172 valence electrons. The van der Waals surface area contributed by atoms with Gasteiger partial charge in [-0.25, -0.2) is 4.79 Å². The summed E-state index contributed by atoms with van der Waals surface area (Å²) in [7, 11) is 0. The van der Waals surface area contributed by atoms with Gasteiger partial charge >= 0.3 is 5.97 Å². The van der Waals surface area contributed by atoms with E-state index in [-0.39, 0.29) is 24.1 Å². The monoisotopic (exact) mass is 442 g/mol. The molecule has 1 aliphatic rings. The van der Waals surface area contributed by atoms with E-state index >= 15 is 0 Å². The second-order valence-electron chi connectivity index (χ2n) is 9.89. The highest BCUT2D eigenvalue weighted by atomic mass is 16.6. The number of hydrogen-bond donors (Lipinski definition) is 0. The molecule has 0 spiro atoms. The summed E-state index contributed by atoms with van der Waals surface area (Å²) in [5.74, 6) is -0.158. The molecule has 0 N–H and O–H groups in total. The lowest BCUT2D eigenvalue weighted by molar-refractivity contribution is -0.158. The largest absolute Gasteiger partial charge is 0.456 e. The van der Waals surface area contributed by atoms with Crippen molar-refractivity contribution in [1.29, 1.82) is 0 Å². The van der Waals surface area contributed by atoms with E-state index in [1.807, 2.05) is 13.8 Å². The summed E-state index contributed by atoms with van der Waals surface area (Å²) in [6.07, 6.45) is 3.82. The molecule has 0 amide bonds. The highest BCUT2D eigenvalue weighted by Gasteiger charge is 2.37. The minimum Gasteiger partial charge on any atom is -0.456 e. The van der Waals surface area contributed by atoms with Gasteiger partial charge in [-0.05, 0) is 86.2 Å². The summed E-state index contributed by atoms with van der Waals surface area (Å²) in [6.45, 7) is 13.7. The van der Waals surface area contributed by atoms with Crippen molar-refractivity contribution >= 4 is 27.5 Å². The van der Waals surface area contributed by atoms with Gasteiger partial charge in [0.1, 0.15) is 5.60 Å². The van der Waals surface area contributed by atoms with Gasteiger partial charge in [-0.2, -0.15) is 0 Å². The molecule has 0 aliphatic heterocycles. The Morgan fingerprint density at radius 1 is 1.06 bits per heavy atom. The zero-order valence-electron chi connectivity index (χ0n) is 20.4. The van der Waals surface area contributed by atoms with E-state index in [1.165, 1.54) is 32.7 Å². The van der Waals surface area contributed by atoms with Crippen LogP contribution in [0.2, 0.25) is 0 Å². The maximum absolute atomic E-state index is 12.2. The molecule has 4 rings (SSSR count). The highest BCUT2D eigenvalue weighted by Crippen LogP contribution is 2.39. The van der Waals surface area contributed by atoms with E-state index in [9.17, 15) is 4.79 Å². The molecule has 0 aromatic heterocycles. The second kappa shape index (κ2) is 9.15. The Morgan fingerprint density at radius 3 is 2.39 bits per heavy atom. The molecule has 3 aromatic carbocycles. The average molecular weight is 443 g/mol. The predicted molar refractivity (Wildman–Crippen MR) is 136 cm³/mol. The number of benzene rings is 3. The SMILES string of the molecule is C=C(C)C(=O)OC(C)(C)C1CC=C(C)C(OC(C)c2cc3ccccc3c3ccccc23)C1. The first-order chi connectivity index (χ1) is 15.7. The Labute approximate surface area is 197 Å². The summed E-state index contributed by atoms with van der Waals surface area (Å²) in [6, 6.07) is 19.3. The van der Waals surface area contributed by atoms with Crippen molar-refractivity contribution in [2.24, 2.45) is 5.92 Å². The number of esters is 1. The summed E-state index contributed by atoms with van der Waals surface area (Å²) in [5, 5.41) is 4.97. The fourth-order valence-corrected chi connectivity index (χ4v) is 4.88. The van der Waals surface area contributed by atoms with Gasteiger partial charge in [-0.3, -0.25) is 0 Å². The van der Waals surface area contributed by atoms with Gasteiger partial charge in [-0.1, -0.05) is 61.2 Å². The molecule has 3 unspecified atom stereocenters. The molecule has 0 radical (unpaired) electrons. The van der Waals surface area contributed by atoms with Crippen molar-refractivity contribution in [2.45, 2.75) is 65.3 Å². The van der Waals surface area contributed by atoms with Gasteiger partial charge < -0.3 is 9.47 Å². The van der Waals surface area contributed by atoms with Crippen LogP contribution >= 0.6 is 0 Å². The van der Waals surface area contributed by atoms with Crippen LogP contribution in [-0.2, 0) is 14.3 Å². The van der Waals surface area contributed by atoms with Crippen LogP contribution in [-0.4, -0.2) is 17.7 Å². The molecule has 0 heterocycles. The van der Waals surface area contributed by atoms with Crippen LogP contribution in [0.3, 0.4) is 0 Å². The van der Waals surface area contributed by atoms with E-state index in [0.29, 0.717) is 5.57 Å². The number of carbonyl (C=O) groups is 1. The maximum atomic E-state index is 12.2. The van der Waals surface area contributed by atoms with Gasteiger partial charge in [0, 0.05) is 11.5 Å². The van der Waals surface area contributed by atoms with Crippen LogP contribution in [0.4, 0.5) is 0 Å². The van der Waals surface area contributed by atoms with Gasteiger partial charge in [0.25, 0.3) is 0 Å². The number of carbonyl (C=O) groups excluding carboxylic acids is 1. The fraction of sp³-hybridized carbons (Fsp3) is 0.367. The molecular formula is C30H34O3. The average Bonchev–Trinajstić information content (AvgIpc) is 2.79. The summed E-state index contributed by atoms with van der Waals surface area (Å²) in [5.41, 5.74) is 2.28. The lowest BCUT2D eigenvalue weighted by Crippen LogP contribution is -2.41. The second-order valence-corrected chi connectivity index (χ2v) is 9.89. The van der Waals surface area contributed by atoms with Crippen molar-refractivity contribution < 1.29 is 14.3 Å². The Hall–Kier alpha value is -2.91. The van der Waals surface area contributed by atoms with Crippen molar-refractivity contribution in [3.05, 3.63) is 84.0 Å². The molecule has 0 bridgehead atoms. The van der Waals surface area contributed by atoms with E-state index in [4.69, 9.17) is 9.47 Å². The first-order valence-electron chi connectivity index (χ1n) is 11.8. The van der Waals surface area contributed by atoms with Crippen LogP contribution in [0.15, 0.2) is 78.4 Å². The lowest BCUT2D eigenvalue weighted by atomic mass is 9.78. The quantitative estimate of drug-likeness (QED) is 0.170. The molecule has 3 aromatic rings. The summed E-state index contributed by atoms with van der Waals surface area (Å²) in [4.78, 5) is 12.2.